The van der Waals surface area contributed by atoms with E-state index in [1.165, 1.54) is 4.57 Å². The van der Waals surface area contributed by atoms with Gasteiger partial charge in [-0.1, -0.05) is 23.7 Å². The summed E-state index contributed by atoms with van der Waals surface area (Å²) in [6.07, 6.45) is 7.11. The molecule has 2 aromatic carbocycles. The van der Waals surface area contributed by atoms with Crippen molar-refractivity contribution in [2.75, 3.05) is 25.1 Å². The summed E-state index contributed by atoms with van der Waals surface area (Å²) in [6, 6.07) is 13.1. The van der Waals surface area contributed by atoms with Crippen LogP contribution >= 0.6 is 23.4 Å². The molecule has 1 unspecified atom stereocenters. The molecule has 0 aliphatic heterocycles. The summed E-state index contributed by atoms with van der Waals surface area (Å²) in [5.41, 5.74) is 15.2. The highest BCUT2D eigenvalue weighted by atomic mass is 35.5. The highest BCUT2D eigenvalue weighted by molar-refractivity contribution is 7.99. The average molecular weight is 598 g/mol. The molecular formula is C30H37ClFN7OS. The lowest BCUT2D eigenvalue weighted by Crippen LogP contribution is -2.20. The molecule has 4 aromatic rings. The molecular weight excluding hydrogens is 561 g/mol. The molecule has 11 heteroatoms. The maximum absolute atomic E-state index is 15.0. The quantitative estimate of drug-likeness (QED) is 0.0916. The van der Waals surface area contributed by atoms with Gasteiger partial charge < -0.3 is 21.8 Å². The highest BCUT2D eigenvalue weighted by Gasteiger charge is 2.15. The molecule has 4 rings (SSSR count). The van der Waals surface area contributed by atoms with Crippen molar-refractivity contribution in [3.05, 3.63) is 81.1 Å². The Hall–Kier alpha value is -3.18. The van der Waals surface area contributed by atoms with Gasteiger partial charge in [0.15, 0.2) is 5.82 Å². The normalized spacial score (nSPS) is 12.8. The molecule has 0 fully saturated rings. The Kier molecular flexibility index (Phi) is 11.0. The van der Waals surface area contributed by atoms with Gasteiger partial charge in [-0.05, 0) is 86.9 Å². The molecule has 0 radical (unpaired) electrons. The number of benzene rings is 2. The number of halogens is 2. The Balaban J connectivity index is 1.45. The number of rotatable bonds is 14. The SMILES string of the molecule is CSCC(N)=NCCCNCc1ccc(-n2cc3cc(-c4cc(CCCC(C)N)cc(Cl)c4F)[nH]c3nc2=O)cc1. The van der Waals surface area contributed by atoms with Crippen LogP contribution in [-0.4, -0.2) is 51.5 Å². The smallest absolute Gasteiger partial charge is 0.354 e. The summed E-state index contributed by atoms with van der Waals surface area (Å²) in [4.78, 5) is 24.5. The molecule has 8 nitrogen and oxygen atoms in total. The van der Waals surface area contributed by atoms with E-state index >= 15 is 4.39 Å². The lowest BCUT2D eigenvalue weighted by molar-refractivity contribution is 0.618. The minimum atomic E-state index is -0.513. The number of hydrogen-bond donors (Lipinski definition) is 4. The molecule has 0 saturated heterocycles. The van der Waals surface area contributed by atoms with Crippen LogP contribution < -0.4 is 22.5 Å². The van der Waals surface area contributed by atoms with Crippen LogP contribution in [-0.2, 0) is 13.0 Å². The van der Waals surface area contributed by atoms with E-state index in [0.29, 0.717) is 46.9 Å². The van der Waals surface area contributed by atoms with Gasteiger partial charge in [-0.2, -0.15) is 16.7 Å². The Morgan fingerprint density at radius 1 is 1.22 bits per heavy atom. The third-order valence-corrected chi connectivity index (χ3v) is 7.53. The molecule has 1 atom stereocenters. The number of H-pyrrole nitrogens is 1. The van der Waals surface area contributed by atoms with E-state index in [1.807, 2.05) is 37.4 Å². The van der Waals surface area contributed by atoms with Gasteiger partial charge in [0.1, 0.15) is 11.5 Å². The molecule has 0 saturated carbocycles. The zero-order valence-electron chi connectivity index (χ0n) is 23.4. The Bertz CT molecular complexity index is 1550. The van der Waals surface area contributed by atoms with Gasteiger partial charge >= 0.3 is 5.69 Å². The van der Waals surface area contributed by atoms with Crippen LogP contribution in [0.1, 0.15) is 37.3 Å². The summed E-state index contributed by atoms with van der Waals surface area (Å²) in [5, 5.41) is 4.15. The molecule has 0 amide bonds. The molecule has 0 bridgehead atoms. The van der Waals surface area contributed by atoms with Crippen LogP contribution in [0.15, 0.2) is 58.4 Å². The number of fused-ring (bicyclic) bond motifs is 1. The van der Waals surface area contributed by atoms with E-state index in [9.17, 15) is 4.79 Å². The number of aromatic amines is 1. The first-order chi connectivity index (χ1) is 19.7. The second kappa shape index (κ2) is 14.6. The second-order valence-electron chi connectivity index (χ2n) is 10.2. The monoisotopic (exact) mass is 597 g/mol. The van der Waals surface area contributed by atoms with Crippen molar-refractivity contribution in [2.45, 2.75) is 45.2 Å². The lowest BCUT2D eigenvalue weighted by Gasteiger charge is -2.09. The van der Waals surface area contributed by atoms with E-state index < -0.39 is 11.5 Å². The van der Waals surface area contributed by atoms with Crippen molar-refractivity contribution in [1.29, 1.82) is 0 Å². The van der Waals surface area contributed by atoms with Crippen LogP contribution in [0, 0.1) is 5.82 Å². The number of nitrogens with zero attached hydrogens (tertiary/aromatic N) is 3. The topological polar surface area (TPSA) is 127 Å². The van der Waals surface area contributed by atoms with E-state index in [2.05, 4.69) is 20.3 Å². The summed E-state index contributed by atoms with van der Waals surface area (Å²) in [5.74, 6) is 0.926. The van der Waals surface area contributed by atoms with Crippen molar-refractivity contribution in [1.82, 2.24) is 19.9 Å². The van der Waals surface area contributed by atoms with Gasteiger partial charge in [0.25, 0.3) is 0 Å². The Labute approximate surface area is 248 Å². The third kappa shape index (κ3) is 8.42. The number of nitrogens with one attached hydrogen (secondary N) is 2. The lowest BCUT2D eigenvalue weighted by atomic mass is 10.0. The summed E-state index contributed by atoms with van der Waals surface area (Å²) in [7, 11) is 0. The maximum Gasteiger partial charge on any atom is 0.354 e. The number of hydrogen-bond acceptors (Lipinski definition) is 6. The van der Waals surface area contributed by atoms with Gasteiger partial charge in [0.05, 0.1) is 22.2 Å². The zero-order valence-corrected chi connectivity index (χ0v) is 25.0. The molecule has 2 aromatic heterocycles. The second-order valence-corrected chi connectivity index (χ2v) is 11.5. The standard InChI is InChI=1S/C30H37ClFN7OS/c1-19(33)5-3-6-21-13-24(28(32)25(31)14-21)26-15-22-17-39(30(40)38-29(22)37-26)23-9-7-20(8-10-23)16-35-11-4-12-36-27(34)18-41-2/h7-10,13-15,17,19,35H,3-6,11-12,16,18,33H2,1-2H3,(H2,34,36)(H,37,38,40). The minimum Gasteiger partial charge on any atom is -0.387 e. The van der Waals surface area contributed by atoms with E-state index in [1.54, 1.807) is 36.2 Å². The molecule has 41 heavy (non-hydrogen) atoms. The van der Waals surface area contributed by atoms with Gasteiger partial charge in [0.2, 0.25) is 0 Å². The Morgan fingerprint density at radius 2 is 2.00 bits per heavy atom. The van der Waals surface area contributed by atoms with Crippen LogP contribution in [0.2, 0.25) is 5.02 Å². The first-order valence-corrected chi connectivity index (χ1v) is 15.5. The van der Waals surface area contributed by atoms with Gasteiger partial charge in [-0.15, -0.1) is 0 Å². The van der Waals surface area contributed by atoms with Crippen molar-refractivity contribution in [3.8, 4) is 16.9 Å². The molecule has 2 heterocycles. The zero-order chi connectivity index (χ0) is 29.4. The molecule has 0 aliphatic carbocycles. The number of nitrogens with two attached hydrogens (primary N) is 2. The molecule has 0 spiro atoms. The number of aromatic nitrogens is 3. The van der Waals surface area contributed by atoms with Crippen molar-refractivity contribution in [3.63, 3.8) is 0 Å². The molecule has 218 valence electrons. The van der Waals surface area contributed by atoms with Crippen LogP contribution in [0.5, 0.6) is 0 Å². The predicted octanol–water partition coefficient (Wildman–Crippen LogP) is 5.04. The number of aryl methyl sites for hydroxylation is 1. The number of thioether (sulfide) groups is 1. The van der Waals surface area contributed by atoms with E-state index in [-0.39, 0.29) is 11.1 Å². The number of amidine groups is 1. The summed E-state index contributed by atoms with van der Waals surface area (Å²) in [6.45, 7) is 4.20. The largest absolute Gasteiger partial charge is 0.387 e. The van der Waals surface area contributed by atoms with E-state index in [4.69, 9.17) is 23.1 Å². The third-order valence-electron chi connectivity index (χ3n) is 6.67. The fraction of sp³-hybridized carbons (Fsp3) is 0.367. The minimum absolute atomic E-state index is 0.0587. The highest BCUT2D eigenvalue weighted by Crippen LogP contribution is 2.31. The van der Waals surface area contributed by atoms with Gasteiger partial charge in [-0.25, -0.2) is 9.18 Å². The van der Waals surface area contributed by atoms with Crippen molar-refractivity contribution < 1.29 is 4.39 Å². The number of aliphatic imine (C=N–C) groups is 1. The summed E-state index contributed by atoms with van der Waals surface area (Å²) < 4.78 is 16.5. The van der Waals surface area contributed by atoms with Crippen molar-refractivity contribution >= 4 is 40.2 Å². The molecule has 0 aliphatic rings. The van der Waals surface area contributed by atoms with Crippen molar-refractivity contribution in [2.24, 2.45) is 16.5 Å². The molecule has 6 N–H and O–H groups in total. The van der Waals surface area contributed by atoms with Crippen LogP contribution in [0.3, 0.4) is 0 Å². The van der Waals surface area contributed by atoms with Crippen LogP contribution in [0.25, 0.3) is 28.0 Å². The fourth-order valence-electron chi connectivity index (χ4n) is 4.57. The Morgan fingerprint density at radius 3 is 2.73 bits per heavy atom. The average Bonchev–Trinajstić information content (AvgIpc) is 3.35. The first kappa shape index (κ1) is 30.8. The van der Waals surface area contributed by atoms with Crippen LogP contribution in [0.4, 0.5) is 4.39 Å². The maximum atomic E-state index is 15.0. The van der Waals surface area contributed by atoms with E-state index in [0.717, 1.165) is 49.1 Å². The first-order valence-electron chi connectivity index (χ1n) is 13.7. The summed E-state index contributed by atoms with van der Waals surface area (Å²) >= 11 is 7.89. The predicted molar refractivity (Wildman–Crippen MR) is 170 cm³/mol. The fourth-order valence-corrected chi connectivity index (χ4v) is 5.19. The van der Waals surface area contributed by atoms with Gasteiger partial charge in [-0.3, -0.25) is 9.56 Å². The van der Waals surface area contributed by atoms with Gasteiger partial charge in [0, 0.05) is 36.3 Å².